The number of carboxylic acids is 1. The van der Waals surface area contributed by atoms with E-state index in [1.165, 1.54) is 18.9 Å². The second kappa shape index (κ2) is 7.94. The Kier molecular flexibility index (Phi) is 6.58. The number of aliphatic carboxylic acids is 1. The zero-order chi connectivity index (χ0) is 15.1. The number of benzene rings is 1. The molecule has 0 bridgehead atoms. The molecule has 1 atom stereocenters. The predicted molar refractivity (Wildman–Crippen MR) is 79.7 cm³/mol. The van der Waals surface area contributed by atoms with Crippen LogP contribution in [0.2, 0.25) is 0 Å². The van der Waals surface area contributed by atoms with Crippen LogP contribution in [-0.4, -0.2) is 29.4 Å². The van der Waals surface area contributed by atoms with E-state index in [1.807, 2.05) is 38.1 Å². The highest BCUT2D eigenvalue weighted by Gasteiger charge is 2.22. The molecule has 0 aliphatic heterocycles. The van der Waals surface area contributed by atoms with Crippen LogP contribution in [0.25, 0.3) is 0 Å². The van der Waals surface area contributed by atoms with E-state index in [0.717, 1.165) is 11.1 Å². The molecule has 1 aromatic rings. The summed E-state index contributed by atoms with van der Waals surface area (Å²) in [7, 11) is 1.36. The summed E-state index contributed by atoms with van der Waals surface area (Å²) >= 11 is 1.39. The summed E-state index contributed by atoms with van der Waals surface area (Å²) in [6.07, 6.45) is 0.215. The molecule has 1 unspecified atom stereocenters. The molecule has 5 heteroatoms. The van der Waals surface area contributed by atoms with Crippen molar-refractivity contribution in [2.24, 2.45) is 5.92 Å². The largest absolute Gasteiger partial charge is 0.480 e. The van der Waals surface area contributed by atoms with Crippen LogP contribution in [0.3, 0.4) is 0 Å². The lowest BCUT2D eigenvalue weighted by Crippen LogP contribution is -2.22. The van der Waals surface area contributed by atoms with Crippen molar-refractivity contribution in [1.82, 2.24) is 0 Å². The molecule has 0 saturated carbocycles. The lowest BCUT2D eigenvalue weighted by atomic mass is 10.1. The summed E-state index contributed by atoms with van der Waals surface area (Å²) in [5.41, 5.74) is 1.87. The molecule has 0 radical (unpaired) electrons. The molecule has 1 rings (SSSR count). The first kappa shape index (κ1) is 16.6. The number of hydrogen-bond acceptors (Lipinski definition) is 4. The zero-order valence-corrected chi connectivity index (χ0v) is 12.8. The Morgan fingerprint density at radius 2 is 1.85 bits per heavy atom. The molecule has 0 aliphatic rings. The molecular weight excluding hydrogens is 276 g/mol. The molecule has 0 heterocycles. The van der Waals surface area contributed by atoms with Gasteiger partial charge in [0.15, 0.2) is 0 Å². The van der Waals surface area contributed by atoms with E-state index in [2.05, 4.69) is 4.74 Å². The Hall–Kier alpha value is -1.49. The highest BCUT2D eigenvalue weighted by atomic mass is 32.2. The third-order valence-corrected chi connectivity index (χ3v) is 4.53. The van der Waals surface area contributed by atoms with Gasteiger partial charge in [-0.15, -0.1) is 11.8 Å². The van der Waals surface area contributed by atoms with E-state index in [-0.39, 0.29) is 18.3 Å². The van der Waals surface area contributed by atoms with Gasteiger partial charge >= 0.3 is 11.9 Å². The molecule has 0 aliphatic carbocycles. The number of hydrogen-bond donors (Lipinski definition) is 1. The zero-order valence-electron chi connectivity index (χ0n) is 12.0. The number of carbonyl (C=O) groups excluding carboxylic acids is 1. The van der Waals surface area contributed by atoms with Gasteiger partial charge in [0, 0.05) is 5.75 Å². The summed E-state index contributed by atoms with van der Waals surface area (Å²) in [6.45, 7) is 3.79. The van der Waals surface area contributed by atoms with Crippen molar-refractivity contribution in [1.29, 1.82) is 0 Å². The van der Waals surface area contributed by atoms with Crippen LogP contribution >= 0.6 is 11.8 Å². The highest BCUT2D eigenvalue weighted by molar-refractivity contribution is 7.99. The van der Waals surface area contributed by atoms with Gasteiger partial charge in [-0.3, -0.25) is 9.59 Å². The van der Waals surface area contributed by atoms with Gasteiger partial charge in [-0.05, 0) is 17.0 Å². The smallest absolute Gasteiger partial charge is 0.316 e. The van der Waals surface area contributed by atoms with Crippen molar-refractivity contribution in [3.8, 4) is 0 Å². The van der Waals surface area contributed by atoms with E-state index >= 15 is 0 Å². The molecule has 4 nitrogen and oxygen atoms in total. The van der Waals surface area contributed by atoms with Crippen LogP contribution in [0.1, 0.15) is 25.0 Å². The standard InChI is InChI=1S/C15H20O4S/c1-10(2)14(15(17)18)20-9-12-7-5-4-6-11(12)8-13(16)19-3/h4-7,10,14H,8-9H2,1-3H3,(H,17,18). The average Bonchev–Trinajstić information content (AvgIpc) is 2.39. The fraction of sp³-hybridized carbons (Fsp3) is 0.467. The van der Waals surface area contributed by atoms with Gasteiger partial charge in [0.1, 0.15) is 5.25 Å². The van der Waals surface area contributed by atoms with Gasteiger partial charge in [-0.1, -0.05) is 38.1 Å². The maximum atomic E-state index is 11.4. The molecule has 0 fully saturated rings. The molecule has 0 spiro atoms. The summed E-state index contributed by atoms with van der Waals surface area (Å²) < 4.78 is 4.67. The van der Waals surface area contributed by atoms with E-state index in [1.54, 1.807) is 0 Å². The van der Waals surface area contributed by atoms with Gasteiger partial charge in [0.05, 0.1) is 13.5 Å². The normalized spacial score (nSPS) is 12.2. The minimum absolute atomic E-state index is 0.0604. The second-order valence-corrected chi connectivity index (χ2v) is 5.97. The van der Waals surface area contributed by atoms with Crippen LogP contribution in [0.5, 0.6) is 0 Å². The minimum Gasteiger partial charge on any atom is -0.480 e. The molecule has 0 aromatic heterocycles. The fourth-order valence-electron chi connectivity index (χ4n) is 1.83. The third kappa shape index (κ3) is 4.89. The summed E-state index contributed by atoms with van der Waals surface area (Å²) in [5, 5.41) is 8.74. The summed E-state index contributed by atoms with van der Waals surface area (Å²) in [4.78, 5) is 22.5. The Labute approximate surface area is 123 Å². The number of methoxy groups -OCH3 is 1. The van der Waals surface area contributed by atoms with Gasteiger partial charge in [-0.25, -0.2) is 0 Å². The van der Waals surface area contributed by atoms with Crippen molar-refractivity contribution in [2.75, 3.05) is 7.11 Å². The summed E-state index contributed by atoms with van der Waals surface area (Å²) in [6, 6.07) is 7.55. The van der Waals surface area contributed by atoms with Crippen molar-refractivity contribution in [3.05, 3.63) is 35.4 Å². The molecule has 0 saturated heterocycles. The molecule has 110 valence electrons. The molecule has 0 amide bonds. The summed E-state index contributed by atoms with van der Waals surface area (Å²) in [5.74, 6) is -0.454. The number of esters is 1. The van der Waals surface area contributed by atoms with E-state index < -0.39 is 11.2 Å². The molecule has 1 N–H and O–H groups in total. The SMILES string of the molecule is COC(=O)Cc1ccccc1CSC(C(=O)O)C(C)C. The van der Waals surface area contributed by atoms with Crippen molar-refractivity contribution >= 4 is 23.7 Å². The lowest BCUT2D eigenvalue weighted by Gasteiger charge is -2.16. The fourth-order valence-corrected chi connectivity index (χ4v) is 3.00. The number of carbonyl (C=O) groups is 2. The van der Waals surface area contributed by atoms with Crippen LogP contribution in [0.15, 0.2) is 24.3 Å². The maximum absolute atomic E-state index is 11.4. The van der Waals surface area contributed by atoms with Crippen LogP contribution in [0.4, 0.5) is 0 Å². The number of carboxylic acid groups (broad SMARTS) is 1. The Morgan fingerprint density at radius 3 is 2.35 bits per heavy atom. The van der Waals surface area contributed by atoms with Gasteiger partial charge in [0.25, 0.3) is 0 Å². The van der Waals surface area contributed by atoms with Gasteiger partial charge in [-0.2, -0.15) is 0 Å². The number of rotatable bonds is 7. The first-order valence-corrected chi connectivity index (χ1v) is 7.48. The minimum atomic E-state index is -0.796. The van der Waals surface area contributed by atoms with Gasteiger partial charge < -0.3 is 9.84 Å². The van der Waals surface area contributed by atoms with Crippen molar-refractivity contribution in [2.45, 2.75) is 31.3 Å². The third-order valence-electron chi connectivity index (χ3n) is 2.95. The highest BCUT2D eigenvalue weighted by Crippen LogP contribution is 2.25. The Bertz CT molecular complexity index is 471. The van der Waals surface area contributed by atoms with E-state index in [9.17, 15) is 14.7 Å². The monoisotopic (exact) mass is 296 g/mol. The first-order valence-electron chi connectivity index (χ1n) is 6.43. The number of ether oxygens (including phenoxy) is 1. The predicted octanol–water partition coefficient (Wildman–Crippen LogP) is 2.74. The van der Waals surface area contributed by atoms with Crippen LogP contribution in [-0.2, 0) is 26.5 Å². The molecule has 1 aromatic carbocycles. The first-order chi connectivity index (χ1) is 9.45. The van der Waals surface area contributed by atoms with Crippen LogP contribution < -0.4 is 0 Å². The molecular formula is C15H20O4S. The Balaban J connectivity index is 2.77. The Morgan fingerprint density at radius 1 is 1.25 bits per heavy atom. The van der Waals surface area contributed by atoms with E-state index in [0.29, 0.717) is 5.75 Å². The number of thioether (sulfide) groups is 1. The molecule has 20 heavy (non-hydrogen) atoms. The van der Waals surface area contributed by atoms with Gasteiger partial charge in [0.2, 0.25) is 0 Å². The second-order valence-electron chi connectivity index (χ2n) is 4.84. The average molecular weight is 296 g/mol. The maximum Gasteiger partial charge on any atom is 0.316 e. The van der Waals surface area contributed by atoms with Crippen molar-refractivity contribution < 1.29 is 19.4 Å². The lowest BCUT2D eigenvalue weighted by molar-refractivity contribution is -0.140. The quantitative estimate of drug-likeness (QED) is 0.784. The van der Waals surface area contributed by atoms with E-state index in [4.69, 9.17) is 0 Å². The van der Waals surface area contributed by atoms with Crippen molar-refractivity contribution in [3.63, 3.8) is 0 Å². The van der Waals surface area contributed by atoms with Crippen LogP contribution in [0, 0.1) is 5.92 Å². The topological polar surface area (TPSA) is 63.6 Å².